The molecule has 3 nitrogen and oxygen atoms in total. The van der Waals surface area contributed by atoms with Crippen LogP contribution in [0.25, 0.3) is 0 Å². The monoisotopic (exact) mass is 125 g/mol. The summed E-state index contributed by atoms with van der Waals surface area (Å²) < 4.78 is 0. The van der Waals surface area contributed by atoms with Gasteiger partial charge in [-0.2, -0.15) is 5.48 Å². The summed E-state index contributed by atoms with van der Waals surface area (Å²) in [5, 5.41) is 8.54. The highest BCUT2D eigenvalue weighted by molar-refractivity contribution is 5.85. The third-order valence-corrected chi connectivity index (χ3v) is 0.697. The Bertz CT molecular complexity index is 46.2. The molecule has 0 radical (unpaired) electrons. The van der Waals surface area contributed by atoms with Gasteiger partial charge < -0.3 is 5.11 Å². The van der Waals surface area contributed by atoms with Crippen molar-refractivity contribution < 1.29 is 9.94 Å². The number of β-amino-alcohol motifs (C(OH)–C–C–N with tert-alkyl or cyclic N) is 1. The van der Waals surface area contributed by atoms with Gasteiger partial charge in [0, 0.05) is 6.54 Å². The van der Waals surface area contributed by atoms with Crippen LogP contribution in [0, 0.1) is 0 Å². The average Bonchev–Trinajstić information content (AvgIpc) is 1.86. The third-order valence-electron chi connectivity index (χ3n) is 0.697. The smallest absolute Gasteiger partial charge is 0.0955 e. The van der Waals surface area contributed by atoms with Crippen LogP contribution in [-0.4, -0.2) is 24.4 Å². The highest BCUT2D eigenvalue weighted by Gasteiger charge is 2.09. The van der Waals surface area contributed by atoms with Crippen molar-refractivity contribution in [3.63, 3.8) is 0 Å². The second-order valence-corrected chi connectivity index (χ2v) is 1.31. The zero-order valence-electron chi connectivity index (χ0n) is 3.76. The van der Waals surface area contributed by atoms with Crippen molar-refractivity contribution in [3.8, 4) is 0 Å². The first-order valence-electron chi connectivity index (χ1n) is 1.92. The highest BCUT2D eigenvalue weighted by Crippen LogP contribution is 1.87. The molecule has 0 spiro atoms. The van der Waals surface area contributed by atoms with Gasteiger partial charge in [0.05, 0.1) is 12.7 Å². The molecule has 0 aromatic rings. The Morgan fingerprint density at radius 3 is 2.57 bits per heavy atom. The molecule has 0 aliphatic carbocycles. The molecule has 0 aromatic carbocycles. The summed E-state index contributed by atoms with van der Waals surface area (Å²) in [5.74, 6) is 0. The molecule has 44 valence electrons. The lowest BCUT2D eigenvalue weighted by atomic mass is 10.4. The molecule has 4 heteroatoms. The molecule has 1 saturated heterocycles. The van der Waals surface area contributed by atoms with E-state index in [1.807, 2.05) is 0 Å². The number of aliphatic hydroxyl groups is 1. The average molecular weight is 126 g/mol. The fourth-order valence-electron chi connectivity index (χ4n) is 0.369. The molecule has 0 unspecified atom stereocenters. The van der Waals surface area contributed by atoms with Crippen LogP contribution in [-0.2, 0) is 4.84 Å². The molecule has 1 aliphatic heterocycles. The summed E-state index contributed by atoms with van der Waals surface area (Å²) in [6, 6.07) is 0. The van der Waals surface area contributed by atoms with Gasteiger partial charge in [-0.15, -0.1) is 12.4 Å². The van der Waals surface area contributed by atoms with Gasteiger partial charge in [0.1, 0.15) is 0 Å². The molecule has 1 atom stereocenters. The second kappa shape index (κ2) is 3.21. The largest absolute Gasteiger partial charge is 0.389 e. The van der Waals surface area contributed by atoms with Gasteiger partial charge in [-0.25, -0.2) is 0 Å². The third kappa shape index (κ3) is 2.09. The van der Waals surface area contributed by atoms with E-state index in [0.29, 0.717) is 13.2 Å². The summed E-state index contributed by atoms with van der Waals surface area (Å²) in [7, 11) is 0. The van der Waals surface area contributed by atoms with E-state index in [-0.39, 0.29) is 18.5 Å². The first-order chi connectivity index (χ1) is 2.89. The van der Waals surface area contributed by atoms with Gasteiger partial charge in [0.25, 0.3) is 0 Å². The predicted octanol–water partition coefficient (Wildman–Crippen LogP) is -0.696. The van der Waals surface area contributed by atoms with Crippen LogP contribution in [0.5, 0.6) is 0 Å². The standard InChI is InChI=1S/C3H7NO2.ClH/c5-3-1-4-6-2-3;/h3-5H,1-2H2;1H/t3-;/m1./s1. The Morgan fingerprint density at radius 1 is 1.71 bits per heavy atom. The minimum Gasteiger partial charge on any atom is -0.389 e. The number of hydroxylamine groups is 1. The lowest BCUT2D eigenvalue weighted by molar-refractivity contribution is 0.0792. The van der Waals surface area contributed by atoms with Crippen LogP contribution in [0.2, 0.25) is 0 Å². The lowest BCUT2D eigenvalue weighted by Crippen LogP contribution is -2.12. The molecular formula is C3H8ClNO2. The van der Waals surface area contributed by atoms with Gasteiger partial charge in [0.15, 0.2) is 0 Å². The van der Waals surface area contributed by atoms with Crippen molar-refractivity contribution in [1.29, 1.82) is 0 Å². The first-order valence-corrected chi connectivity index (χ1v) is 1.92. The zero-order valence-corrected chi connectivity index (χ0v) is 4.57. The summed E-state index contributed by atoms with van der Waals surface area (Å²) in [5.41, 5.74) is 2.52. The molecule has 0 aromatic heterocycles. The van der Waals surface area contributed by atoms with E-state index in [1.165, 1.54) is 0 Å². The molecule has 2 N–H and O–H groups in total. The van der Waals surface area contributed by atoms with E-state index >= 15 is 0 Å². The maximum atomic E-state index is 8.54. The van der Waals surface area contributed by atoms with Gasteiger partial charge in [-0.1, -0.05) is 0 Å². The number of halogens is 1. The van der Waals surface area contributed by atoms with Crippen molar-refractivity contribution in [2.75, 3.05) is 13.2 Å². The van der Waals surface area contributed by atoms with E-state index in [2.05, 4.69) is 10.3 Å². The molecule has 1 rings (SSSR count). The van der Waals surface area contributed by atoms with E-state index < -0.39 is 0 Å². The quantitative estimate of drug-likeness (QED) is 0.450. The van der Waals surface area contributed by atoms with Gasteiger partial charge in [-0.05, 0) is 0 Å². The van der Waals surface area contributed by atoms with Gasteiger partial charge >= 0.3 is 0 Å². The zero-order chi connectivity index (χ0) is 4.41. The molecule has 0 saturated carbocycles. The number of nitrogens with one attached hydrogen (secondary N) is 1. The van der Waals surface area contributed by atoms with E-state index in [4.69, 9.17) is 5.11 Å². The number of hydrogen-bond acceptors (Lipinski definition) is 3. The van der Waals surface area contributed by atoms with Crippen molar-refractivity contribution in [2.45, 2.75) is 6.10 Å². The Kier molecular flexibility index (Phi) is 3.29. The molecule has 0 amide bonds. The van der Waals surface area contributed by atoms with Crippen LogP contribution in [0.15, 0.2) is 0 Å². The van der Waals surface area contributed by atoms with Crippen LogP contribution in [0.4, 0.5) is 0 Å². The van der Waals surface area contributed by atoms with Gasteiger partial charge in [0.2, 0.25) is 0 Å². The normalized spacial score (nSPS) is 29.6. The first kappa shape index (κ1) is 7.17. The Labute approximate surface area is 48.0 Å². The van der Waals surface area contributed by atoms with Crippen molar-refractivity contribution in [1.82, 2.24) is 5.48 Å². The predicted molar refractivity (Wildman–Crippen MR) is 27.2 cm³/mol. The molecule has 1 heterocycles. The Balaban J connectivity index is 0.000000360. The van der Waals surface area contributed by atoms with Crippen LogP contribution in [0.1, 0.15) is 0 Å². The molecular weight excluding hydrogens is 117 g/mol. The molecule has 1 aliphatic rings. The molecule has 7 heavy (non-hydrogen) atoms. The second-order valence-electron chi connectivity index (χ2n) is 1.31. The minimum atomic E-state index is -0.287. The van der Waals surface area contributed by atoms with E-state index in [9.17, 15) is 0 Å². The highest BCUT2D eigenvalue weighted by atomic mass is 35.5. The topological polar surface area (TPSA) is 41.5 Å². The number of aliphatic hydroxyl groups excluding tert-OH is 1. The van der Waals surface area contributed by atoms with Gasteiger partial charge in [-0.3, -0.25) is 4.84 Å². The Hall–Kier alpha value is 0.170. The minimum absolute atomic E-state index is 0. The fourth-order valence-corrected chi connectivity index (χ4v) is 0.369. The molecule has 1 fully saturated rings. The molecule has 0 bridgehead atoms. The van der Waals surface area contributed by atoms with E-state index in [0.717, 1.165) is 0 Å². The van der Waals surface area contributed by atoms with Crippen LogP contribution in [0.3, 0.4) is 0 Å². The maximum Gasteiger partial charge on any atom is 0.0955 e. The summed E-state index contributed by atoms with van der Waals surface area (Å²) in [6.07, 6.45) is -0.287. The van der Waals surface area contributed by atoms with E-state index in [1.54, 1.807) is 0 Å². The SMILES string of the molecule is Cl.O[C@@H]1CNOC1. The number of rotatable bonds is 0. The van der Waals surface area contributed by atoms with Crippen LogP contribution < -0.4 is 5.48 Å². The summed E-state index contributed by atoms with van der Waals surface area (Å²) in [4.78, 5) is 4.56. The maximum absolute atomic E-state index is 8.54. The fraction of sp³-hybridized carbons (Fsp3) is 1.00. The van der Waals surface area contributed by atoms with Crippen molar-refractivity contribution in [3.05, 3.63) is 0 Å². The van der Waals surface area contributed by atoms with Crippen molar-refractivity contribution in [2.24, 2.45) is 0 Å². The van der Waals surface area contributed by atoms with Crippen LogP contribution >= 0.6 is 12.4 Å². The number of hydrogen-bond donors (Lipinski definition) is 2. The lowest BCUT2D eigenvalue weighted by Gasteiger charge is -1.87. The Morgan fingerprint density at radius 2 is 2.43 bits per heavy atom. The summed E-state index contributed by atoms with van der Waals surface area (Å²) >= 11 is 0. The summed E-state index contributed by atoms with van der Waals surface area (Å²) in [6.45, 7) is 1.00. The van der Waals surface area contributed by atoms with Crippen molar-refractivity contribution >= 4 is 12.4 Å².